The van der Waals surface area contributed by atoms with Gasteiger partial charge in [-0.2, -0.15) is 0 Å². The second-order valence-electron chi connectivity index (χ2n) is 3.89. The average Bonchev–Trinajstić information content (AvgIpc) is 2.36. The van der Waals surface area contributed by atoms with Crippen LogP contribution < -0.4 is 5.73 Å². The Kier molecular flexibility index (Phi) is 10.1. The molecular weight excluding hydrogens is 241 g/mol. The molecule has 0 aromatic carbocycles. The van der Waals surface area contributed by atoms with Crippen LogP contribution in [0.15, 0.2) is 0 Å². The Balaban J connectivity index is 3.83. The zero-order chi connectivity index (χ0) is 13.1. The Hall–Kier alpha value is -0.670. The van der Waals surface area contributed by atoms with Crippen LogP contribution >= 0.6 is 9.47 Å². The topological polar surface area (TPSA) is 78.6 Å². The molecule has 0 spiro atoms. The highest BCUT2D eigenvalue weighted by Gasteiger charge is 2.18. The minimum atomic E-state index is -0.221. The predicted molar refractivity (Wildman–Crippen MR) is 68.1 cm³/mol. The van der Waals surface area contributed by atoms with Crippen molar-refractivity contribution in [1.29, 1.82) is 0 Å². The number of rotatable bonds is 9. The van der Waals surface area contributed by atoms with Crippen LogP contribution in [0.5, 0.6) is 0 Å². The maximum absolute atomic E-state index is 11.4. The number of ether oxygens (including phenoxy) is 1. The first-order valence-electron chi connectivity index (χ1n) is 5.83. The molecule has 6 heteroatoms. The first-order valence-corrected chi connectivity index (χ1v) is 6.30. The van der Waals surface area contributed by atoms with Gasteiger partial charge in [-0.3, -0.25) is 9.59 Å². The van der Waals surface area contributed by atoms with E-state index in [1.54, 1.807) is 0 Å². The molecule has 100 valence electrons. The second kappa shape index (κ2) is 10.5. The van der Waals surface area contributed by atoms with Crippen molar-refractivity contribution in [2.24, 2.45) is 11.7 Å². The molecule has 2 N–H and O–H groups in total. The molecule has 0 rings (SSSR count). The third kappa shape index (κ3) is 8.11. The SMILES string of the molecule is COC(=O)CCCCC(CCCN)C(=O)OP. The lowest BCUT2D eigenvalue weighted by Crippen LogP contribution is -2.16. The fraction of sp³-hybridized carbons (Fsp3) is 0.818. The lowest BCUT2D eigenvalue weighted by molar-refractivity contribution is -0.140. The molecule has 0 bridgehead atoms. The molecule has 0 heterocycles. The maximum Gasteiger partial charge on any atom is 0.311 e. The van der Waals surface area contributed by atoms with Crippen LogP contribution in [-0.4, -0.2) is 25.6 Å². The molecule has 0 radical (unpaired) electrons. The molecule has 0 aliphatic carbocycles. The van der Waals surface area contributed by atoms with Crippen LogP contribution in [-0.2, 0) is 18.8 Å². The first kappa shape index (κ1) is 16.3. The van der Waals surface area contributed by atoms with Gasteiger partial charge in [-0.15, -0.1) is 0 Å². The standard InChI is InChI=1S/C11H22NO4P/c1-15-10(13)7-3-2-5-9(6-4-8-12)11(14)16-17/h9H,2-8,12,17H2,1H3. The number of carbonyl (C=O) groups excluding carboxylic acids is 2. The summed E-state index contributed by atoms with van der Waals surface area (Å²) < 4.78 is 9.19. The largest absolute Gasteiger partial charge is 0.469 e. The van der Waals surface area contributed by atoms with Crippen LogP contribution in [0.2, 0.25) is 0 Å². The highest BCUT2D eigenvalue weighted by molar-refractivity contribution is 7.10. The van der Waals surface area contributed by atoms with Gasteiger partial charge in [0.05, 0.1) is 22.5 Å². The van der Waals surface area contributed by atoms with Crippen molar-refractivity contribution in [3.8, 4) is 0 Å². The van der Waals surface area contributed by atoms with Crippen molar-refractivity contribution in [3.05, 3.63) is 0 Å². The highest BCUT2D eigenvalue weighted by Crippen LogP contribution is 2.18. The molecule has 0 aromatic heterocycles. The molecule has 0 amide bonds. The number of unbranched alkanes of at least 4 members (excludes halogenated alkanes) is 1. The summed E-state index contributed by atoms with van der Waals surface area (Å²) in [4.78, 5) is 22.3. The molecule has 2 atom stereocenters. The van der Waals surface area contributed by atoms with Crippen LogP contribution in [0.3, 0.4) is 0 Å². The van der Waals surface area contributed by atoms with Gasteiger partial charge in [0.15, 0.2) is 0 Å². The van der Waals surface area contributed by atoms with E-state index in [1.165, 1.54) is 7.11 Å². The van der Waals surface area contributed by atoms with E-state index < -0.39 is 0 Å². The van der Waals surface area contributed by atoms with E-state index in [4.69, 9.17) is 5.73 Å². The molecule has 0 aliphatic heterocycles. The Morgan fingerprint density at radius 2 is 1.88 bits per heavy atom. The summed E-state index contributed by atoms with van der Waals surface area (Å²) in [5.74, 6) is -0.549. The van der Waals surface area contributed by atoms with E-state index in [9.17, 15) is 9.59 Å². The van der Waals surface area contributed by atoms with Gasteiger partial charge in [-0.05, 0) is 32.2 Å². The summed E-state index contributed by atoms with van der Waals surface area (Å²) in [6, 6.07) is 0. The predicted octanol–water partition coefficient (Wildman–Crippen LogP) is 1.41. The number of methoxy groups -OCH3 is 1. The van der Waals surface area contributed by atoms with E-state index in [-0.39, 0.29) is 17.9 Å². The molecule has 0 saturated heterocycles. The number of nitrogens with two attached hydrogens (primary N) is 1. The fourth-order valence-electron chi connectivity index (χ4n) is 1.60. The fourth-order valence-corrected chi connectivity index (χ4v) is 1.80. The van der Waals surface area contributed by atoms with Crippen LogP contribution in [0.25, 0.3) is 0 Å². The summed E-state index contributed by atoms with van der Waals surface area (Å²) in [6.45, 7) is 0.572. The van der Waals surface area contributed by atoms with Crippen LogP contribution in [0.4, 0.5) is 0 Å². The Labute approximate surface area is 105 Å². The minimum absolute atomic E-state index is 0.117. The summed E-state index contributed by atoms with van der Waals surface area (Å²) in [7, 11) is 3.35. The minimum Gasteiger partial charge on any atom is -0.469 e. The third-order valence-electron chi connectivity index (χ3n) is 2.62. The zero-order valence-corrected chi connectivity index (χ0v) is 11.5. The molecule has 0 aliphatic rings. The molecule has 0 saturated carbocycles. The van der Waals surface area contributed by atoms with E-state index in [2.05, 4.69) is 9.26 Å². The average molecular weight is 263 g/mol. The van der Waals surface area contributed by atoms with Crippen LogP contribution in [0, 0.1) is 5.92 Å². The number of esters is 1. The molecule has 2 unspecified atom stereocenters. The Morgan fingerprint density at radius 1 is 1.24 bits per heavy atom. The van der Waals surface area contributed by atoms with Crippen molar-refractivity contribution in [2.45, 2.75) is 38.5 Å². The summed E-state index contributed by atoms with van der Waals surface area (Å²) >= 11 is 0. The van der Waals surface area contributed by atoms with Crippen molar-refractivity contribution in [3.63, 3.8) is 0 Å². The lowest BCUT2D eigenvalue weighted by atomic mass is 9.96. The summed E-state index contributed by atoms with van der Waals surface area (Å²) in [6.07, 6.45) is 4.21. The smallest absolute Gasteiger partial charge is 0.311 e. The van der Waals surface area contributed by atoms with Crippen molar-refractivity contribution >= 4 is 21.4 Å². The van der Waals surface area contributed by atoms with Gasteiger partial charge in [0.25, 0.3) is 0 Å². The van der Waals surface area contributed by atoms with Crippen molar-refractivity contribution in [1.82, 2.24) is 0 Å². The van der Waals surface area contributed by atoms with Crippen molar-refractivity contribution in [2.75, 3.05) is 13.7 Å². The first-order chi connectivity index (χ1) is 8.15. The van der Waals surface area contributed by atoms with E-state index in [1.807, 2.05) is 9.47 Å². The van der Waals surface area contributed by atoms with E-state index in [0.717, 1.165) is 32.1 Å². The third-order valence-corrected chi connectivity index (χ3v) is 2.85. The lowest BCUT2D eigenvalue weighted by Gasteiger charge is -2.13. The Morgan fingerprint density at radius 3 is 2.41 bits per heavy atom. The molecular formula is C11H22NO4P. The molecule has 17 heavy (non-hydrogen) atoms. The quantitative estimate of drug-likeness (QED) is 0.386. The van der Waals surface area contributed by atoms with Gasteiger partial charge >= 0.3 is 11.9 Å². The number of hydrogen-bond acceptors (Lipinski definition) is 5. The molecule has 0 aromatic rings. The monoisotopic (exact) mass is 263 g/mol. The molecule has 5 nitrogen and oxygen atoms in total. The zero-order valence-electron chi connectivity index (χ0n) is 10.3. The van der Waals surface area contributed by atoms with Gasteiger partial charge in [-0.25, -0.2) is 0 Å². The van der Waals surface area contributed by atoms with Gasteiger partial charge in [0.1, 0.15) is 0 Å². The van der Waals surface area contributed by atoms with Crippen LogP contribution in [0.1, 0.15) is 38.5 Å². The number of hydrogen-bond donors (Lipinski definition) is 1. The number of carbonyl (C=O) groups is 2. The van der Waals surface area contributed by atoms with Crippen molar-refractivity contribution < 1.29 is 18.8 Å². The Bertz CT molecular complexity index is 236. The van der Waals surface area contributed by atoms with Gasteiger partial charge in [0.2, 0.25) is 0 Å². The summed E-state index contributed by atoms with van der Waals surface area (Å²) in [5.41, 5.74) is 5.41. The summed E-state index contributed by atoms with van der Waals surface area (Å²) in [5, 5.41) is 0. The van der Waals surface area contributed by atoms with Gasteiger partial charge in [0, 0.05) is 6.42 Å². The normalized spacial score (nSPS) is 11.9. The highest BCUT2D eigenvalue weighted by atomic mass is 31.0. The van der Waals surface area contributed by atoms with E-state index >= 15 is 0 Å². The van der Waals surface area contributed by atoms with E-state index in [0.29, 0.717) is 13.0 Å². The second-order valence-corrected chi connectivity index (χ2v) is 4.12. The molecule has 0 fully saturated rings. The van der Waals surface area contributed by atoms with Gasteiger partial charge < -0.3 is 15.0 Å². The van der Waals surface area contributed by atoms with Gasteiger partial charge in [-0.1, -0.05) is 6.42 Å². The maximum atomic E-state index is 11.4.